The third kappa shape index (κ3) is 2.93. The third-order valence-electron chi connectivity index (χ3n) is 2.61. The predicted molar refractivity (Wildman–Crippen MR) is 78.1 cm³/mol. The lowest BCUT2D eigenvalue weighted by Gasteiger charge is -2.08. The lowest BCUT2D eigenvalue weighted by Crippen LogP contribution is -2.02. The third-order valence-corrected chi connectivity index (χ3v) is 3.22. The van der Waals surface area contributed by atoms with Gasteiger partial charge in [-0.2, -0.15) is 0 Å². The van der Waals surface area contributed by atoms with Crippen molar-refractivity contribution in [2.45, 2.75) is 6.92 Å². The minimum Gasteiger partial charge on any atom is -0.370 e. The Morgan fingerprint density at radius 3 is 2.85 bits per heavy atom. The van der Waals surface area contributed by atoms with Crippen molar-refractivity contribution < 1.29 is 9.31 Å². The van der Waals surface area contributed by atoms with Crippen LogP contribution in [0.5, 0.6) is 0 Å². The molecule has 5 nitrogen and oxygen atoms in total. The van der Waals surface area contributed by atoms with Crippen LogP contribution < -0.4 is 5.32 Å². The highest BCUT2D eigenvalue weighted by Crippen LogP contribution is 2.30. The second kappa shape index (κ2) is 5.96. The quantitative estimate of drug-likeness (QED) is 0.675. The van der Waals surface area contributed by atoms with Gasteiger partial charge in [-0.25, -0.2) is 9.37 Å². The van der Waals surface area contributed by atoms with Gasteiger partial charge in [0.25, 0.3) is 5.69 Å². The summed E-state index contributed by atoms with van der Waals surface area (Å²) in [7, 11) is 0. The van der Waals surface area contributed by atoms with Crippen LogP contribution in [0.25, 0.3) is 11.3 Å². The van der Waals surface area contributed by atoms with Crippen LogP contribution in [0.1, 0.15) is 6.92 Å². The molecule has 1 aromatic carbocycles. The maximum Gasteiger partial charge on any atom is 0.275 e. The summed E-state index contributed by atoms with van der Waals surface area (Å²) in [6.45, 7) is 2.41. The maximum absolute atomic E-state index is 14.1. The number of anilines is 1. The summed E-state index contributed by atoms with van der Waals surface area (Å²) >= 11 is 3.09. The van der Waals surface area contributed by atoms with E-state index >= 15 is 0 Å². The van der Waals surface area contributed by atoms with Crippen molar-refractivity contribution in [3.8, 4) is 11.3 Å². The minimum absolute atomic E-state index is 0.134. The van der Waals surface area contributed by atoms with E-state index in [0.717, 1.165) is 0 Å². The van der Waals surface area contributed by atoms with Gasteiger partial charge in [0, 0.05) is 18.2 Å². The molecule has 0 radical (unpaired) electrons. The molecule has 2 aromatic rings. The lowest BCUT2D eigenvalue weighted by atomic mass is 10.1. The summed E-state index contributed by atoms with van der Waals surface area (Å²) in [5.41, 5.74) is 0.293. The Labute approximate surface area is 123 Å². The highest BCUT2D eigenvalue weighted by atomic mass is 79.9. The molecule has 0 spiro atoms. The fourth-order valence-electron chi connectivity index (χ4n) is 1.73. The van der Waals surface area contributed by atoms with Gasteiger partial charge >= 0.3 is 0 Å². The largest absolute Gasteiger partial charge is 0.370 e. The molecule has 0 fully saturated rings. The number of benzene rings is 1. The zero-order valence-corrected chi connectivity index (χ0v) is 12.1. The highest BCUT2D eigenvalue weighted by molar-refractivity contribution is 9.10. The van der Waals surface area contributed by atoms with Crippen molar-refractivity contribution in [3.63, 3.8) is 0 Å². The molecule has 2 rings (SSSR count). The Bertz CT molecular complexity index is 664. The first kappa shape index (κ1) is 14.4. The summed E-state index contributed by atoms with van der Waals surface area (Å²) in [6, 6.07) is 7.31. The van der Waals surface area contributed by atoms with Gasteiger partial charge < -0.3 is 5.32 Å². The van der Waals surface area contributed by atoms with Crippen molar-refractivity contribution in [1.29, 1.82) is 0 Å². The summed E-state index contributed by atoms with van der Waals surface area (Å²) in [5, 5.41) is 13.8. The van der Waals surface area contributed by atoms with Crippen LogP contribution >= 0.6 is 15.9 Å². The van der Waals surface area contributed by atoms with Crippen LogP contribution in [-0.4, -0.2) is 16.5 Å². The molecule has 1 heterocycles. The van der Waals surface area contributed by atoms with E-state index in [1.807, 2.05) is 6.92 Å². The van der Waals surface area contributed by atoms with Crippen LogP contribution in [0, 0.1) is 15.9 Å². The Balaban J connectivity index is 2.60. The summed E-state index contributed by atoms with van der Waals surface area (Å²) in [4.78, 5) is 14.6. The Hall–Kier alpha value is -2.02. The van der Waals surface area contributed by atoms with Crippen LogP contribution in [0.15, 0.2) is 34.8 Å². The molecule has 104 valence electrons. The molecule has 0 unspecified atom stereocenters. The number of aromatic nitrogens is 1. The average Bonchev–Trinajstić information content (AvgIpc) is 2.42. The number of halogens is 2. The SMILES string of the molecule is CCNc1cc([N+](=O)[O-])cc(-c2cccc(Br)c2F)n1. The first-order valence-electron chi connectivity index (χ1n) is 5.87. The van der Waals surface area contributed by atoms with Crippen molar-refractivity contribution in [3.05, 3.63) is 50.7 Å². The van der Waals surface area contributed by atoms with E-state index in [9.17, 15) is 14.5 Å². The number of hydrogen-bond donors (Lipinski definition) is 1. The van der Waals surface area contributed by atoms with E-state index in [1.54, 1.807) is 12.1 Å². The molecule has 1 N–H and O–H groups in total. The summed E-state index contributed by atoms with van der Waals surface area (Å²) in [6.07, 6.45) is 0. The van der Waals surface area contributed by atoms with Crippen LogP contribution in [0.4, 0.5) is 15.9 Å². The molecule has 0 aliphatic carbocycles. The minimum atomic E-state index is -0.526. The fourth-order valence-corrected chi connectivity index (χ4v) is 2.10. The number of nitro groups is 1. The predicted octanol–water partition coefficient (Wildman–Crippen LogP) is 3.99. The first-order valence-corrected chi connectivity index (χ1v) is 6.67. The van der Waals surface area contributed by atoms with Gasteiger partial charge in [-0.05, 0) is 35.0 Å². The zero-order valence-electron chi connectivity index (χ0n) is 10.6. The molecule has 0 aliphatic rings. The summed E-state index contributed by atoms with van der Waals surface area (Å²) < 4.78 is 14.3. The topological polar surface area (TPSA) is 68.1 Å². The normalized spacial score (nSPS) is 10.3. The van der Waals surface area contributed by atoms with Crippen molar-refractivity contribution in [2.75, 3.05) is 11.9 Å². The van der Waals surface area contributed by atoms with Crippen molar-refractivity contribution in [2.24, 2.45) is 0 Å². The van der Waals surface area contributed by atoms with E-state index in [-0.39, 0.29) is 21.4 Å². The molecule has 0 aliphatic heterocycles. The molecular weight excluding hydrogens is 329 g/mol. The van der Waals surface area contributed by atoms with E-state index in [1.165, 1.54) is 18.2 Å². The maximum atomic E-state index is 14.1. The smallest absolute Gasteiger partial charge is 0.275 e. The van der Waals surface area contributed by atoms with Crippen molar-refractivity contribution in [1.82, 2.24) is 4.98 Å². The second-order valence-corrected chi connectivity index (χ2v) is 4.84. The molecule has 7 heteroatoms. The average molecular weight is 340 g/mol. The Kier molecular flexibility index (Phi) is 4.29. The van der Waals surface area contributed by atoms with Crippen LogP contribution in [-0.2, 0) is 0 Å². The molecule has 20 heavy (non-hydrogen) atoms. The van der Waals surface area contributed by atoms with Crippen LogP contribution in [0.2, 0.25) is 0 Å². The monoisotopic (exact) mass is 339 g/mol. The van der Waals surface area contributed by atoms with E-state index in [0.29, 0.717) is 12.4 Å². The molecule has 1 aromatic heterocycles. The zero-order chi connectivity index (χ0) is 14.7. The molecule has 0 amide bonds. The lowest BCUT2D eigenvalue weighted by molar-refractivity contribution is -0.384. The Morgan fingerprint density at radius 1 is 1.45 bits per heavy atom. The van der Waals surface area contributed by atoms with Gasteiger partial charge in [0.1, 0.15) is 11.6 Å². The molecule has 0 atom stereocenters. The Morgan fingerprint density at radius 2 is 2.20 bits per heavy atom. The summed E-state index contributed by atoms with van der Waals surface area (Å²) in [5.74, 6) is -0.154. The molecular formula is C13H11BrFN3O2. The highest BCUT2D eigenvalue weighted by Gasteiger charge is 2.15. The first-order chi connectivity index (χ1) is 9.52. The van der Waals surface area contributed by atoms with Gasteiger partial charge in [0.15, 0.2) is 0 Å². The van der Waals surface area contributed by atoms with Gasteiger partial charge in [-0.15, -0.1) is 0 Å². The fraction of sp³-hybridized carbons (Fsp3) is 0.154. The van der Waals surface area contributed by atoms with E-state index in [2.05, 4.69) is 26.2 Å². The molecule has 0 bridgehead atoms. The molecule has 0 saturated heterocycles. The van der Waals surface area contributed by atoms with Gasteiger partial charge in [-0.1, -0.05) is 6.07 Å². The molecule has 0 saturated carbocycles. The van der Waals surface area contributed by atoms with E-state index in [4.69, 9.17) is 0 Å². The number of pyridine rings is 1. The number of rotatable bonds is 4. The standard InChI is InChI=1S/C13H11BrFN3O2/c1-2-16-12-7-8(18(19)20)6-11(17-12)9-4-3-5-10(14)13(9)15/h3-7H,2H2,1H3,(H,16,17). The number of hydrogen-bond acceptors (Lipinski definition) is 4. The number of nitrogens with zero attached hydrogens (tertiary/aromatic N) is 2. The number of nitrogens with one attached hydrogen (secondary N) is 1. The van der Waals surface area contributed by atoms with Crippen molar-refractivity contribution >= 4 is 27.4 Å². The van der Waals surface area contributed by atoms with Gasteiger partial charge in [0.2, 0.25) is 0 Å². The second-order valence-electron chi connectivity index (χ2n) is 3.98. The van der Waals surface area contributed by atoms with E-state index < -0.39 is 10.7 Å². The van der Waals surface area contributed by atoms with Gasteiger partial charge in [-0.3, -0.25) is 10.1 Å². The van der Waals surface area contributed by atoms with Crippen LogP contribution in [0.3, 0.4) is 0 Å². The van der Waals surface area contributed by atoms with Gasteiger partial charge in [0.05, 0.1) is 21.2 Å².